The Morgan fingerprint density at radius 2 is 1.44 bits per heavy atom. The van der Waals surface area contributed by atoms with E-state index in [1.807, 2.05) is 60.7 Å². The van der Waals surface area contributed by atoms with E-state index >= 15 is 0 Å². The molecule has 0 atom stereocenters. The van der Waals surface area contributed by atoms with Crippen LogP contribution in [0.4, 0.5) is 5.69 Å². The summed E-state index contributed by atoms with van der Waals surface area (Å²) in [6.45, 7) is 0. The highest BCUT2D eigenvalue weighted by Gasteiger charge is 2.18. The number of methoxy groups -OCH3 is 1. The zero-order valence-corrected chi connectivity index (χ0v) is 15.1. The van der Waals surface area contributed by atoms with Gasteiger partial charge < -0.3 is 10.1 Å². The number of rotatable bonds is 6. The fourth-order valence-electron chi connectivity index (χ4n) is 3.04. The van der Waals surface area contributed by atoms with Gasteiger partial charge in [-0.1, -0.05) is 66.7 Å². The van der Waals surface area contributed by atoms with Gasteiger partial charge in [0.1, 0.15) is 0 Å². The molecule has 1 amide bonds. The lowest BCUT2D eigenvalue weighted by Crippen LogP contribution is -2.17. The molecule has 0 unspecified atom stereocenters. The minimum atomic E-state index is -0.433. The van der Waals surface area contributed by atoms with Gasteiger partial charge in [0.15, 0.2) is 0 Å². The van der Waals surface area contributed by atoms with Crippen LogP contribution in [0.25, 0.3) is 0 Å². The van der Waals surface area contributed by atoms with E-state index in [0.717, 1.165) is 11.1 Å². The second-order valence-corrected chi connectivity index (χ2v) is 6.20. The van der Waals surface area contributed by atoms with E-state index in [4.69, 9.17) is 4.74 Å². The fraction of sp³-hybridized carbons (Fsp3) is 0.130. The molecule has 4 heteroatoms. The Morgan fingerprint density at radius 1 is 0.852 bits per heavy atom. The summed E-state index contributed by atoms with van der Waals surface area (Å²) in [5.41, 5.74) is 3.14. The van der Waals surface area contributed by atoms with Crippen LogP contribution in [0.1, 0.15) is 33.8 Å². The number of ether oxygens (including phenoxy) is 1. The van der Waals surface area contributed by atoms with Gasteiger partial charge >= 0.3 is 5.97 Å². The largest absolute Gasteiger partial charge is 0.465 e. The second kappa shape index (κ2) is 8.81. The summed E-state index contributed by atoms with van der Waals surface area (Å²) < 4.78 is 4.72. The first kappa shape index (κ1) is 18.4. The molecule has 4 nitrogen and oxygen atoms in total. The van der Waals surface area contributed by atoms with Gasteiger partial charge in [-0.15, -0.1) is 0 Å². The SMILES string of the molecule is COC(=O)c1cccc(NC(=O)CC(c2ccccc2)c2ccccc2)c1. The molecular weight excluding hydrogens is 338 g/mol. The minimum Gasteiger partial charge on any atom is -0.465 e. The van der Waals surface area contributed by atoms with Gasteiger partial charge in [-0.2, -0.15) is 0 Å². The molecule has 0 heterocycles. The van der Waals surface area contributed by atoms with Crippen LogP contribution in [0.2, 0.25) is 0 Å². The Hall–Kier alpha value is -3.40. The summed E-state index contributed by atoms with van der Waals surface area (Å²) in [5, 5.41) is 2.88. The number of nitrogens with one attached hydrogen (secondary N) is 1. The monoisotopic (exact) mass is 359 g/mol. The molecule has 0 aliphatic heterocycles. The fourth-order valence-corrected chi connectivity index (χ4v) is 3.04. The molecule has 0 aliphatic carbocycles. The van der Waals surface area contributed by atoms with Crippen molar-refractivity contribution in [3.05, 3.63) is 102 Å². The Kier molecular flexibility index (Phi) is 6.00. The molecule has 0 aromatic heterocycles. The number of amides is 1. The summed E-state index contributed by atoms with van der Waals surface area (Å²) >= 11 is 0. The molecule has 0 saturated carbocycles. The van der Waals surface area contributed by atoms with Crippen LogP contribution in [0.5, 0.6) is 0 Å². The topological polar surface area (TPSA) is 55.4 Å². The number of carbonyl (C=O) groups is 2. The van der Waals surface area contributed by atoms with Crippen molar-refractivity contribution in [1.82, 2.24) is 0 Å². The normalized spacial score (nSPS) is 10.4. The maximum atomic E-state index is 12.7. The first-order valence-corrected chi connectivity index (χ1v) is 8.75. The van der Waals surface area contributed by atoms with E-state index in [1.54, 1.807) is 24.3 Å². The van der Waals surface area contributed by atoms with Crippen LogP contribution in [0.3, 0.4) is 0 Å². The summed E-state index contributed by atoms with van der Waals surface area (Å²) in [5.74, 6) is -0.594. The predicted molar refractivity (Wildman–Crippen MR) is 106 cm³/mol. The number of esters is 1. The van der Waals surface area contributed by atoms with Crippen molar-refractivity contribution in [1.29, 1.82) is 0 Å². The number of carbonyl (C=O) groups excluding carboxylic acids is 2. The Morgan fingerprint density at radius 3 is 2.00 bits per heavy atom. The first-order valence-electron chi connectivity index (χ1n) is 8.75. The molecule has 3 rings (SSSR count). The van der Waals surface area contributed by atoms with E-state index in [2.05, 4.69) is 5.32 Å². The van der Waals surface area contributed by atoms with Gasteiger partial charge in [-0.3, -0.25) is 4.79 Å². The van der Waals surface area contributed by atoms with Crippen LogP contribution in [-0.4, -0.2) is 19.0 Å². The molecule has 1 N–H and O–H groups in total. The Bertz CT molecular complexity index is 868. The van der Waals surface area contributed by atoms with Crippen LogP contribution in [-0.2, 0) is 9.53 Å². The van der Waals surface area contributed by atoms with Crippen molar-refractivity contribution >= 4 is 17.6 Å². The van der Waals surface area contributed by atoms with Crippen LogP contribution in [0.15, 0.2) is 84.9 Å². The van der Waals surface area contributed by atoms with Crippen LogP contribution in [0, 0.1) is 0 Å². The highest BCUT2D eigenvalue weighted by Crippen LogP contribution is 2.28. The third-order valence-electron chi connectivity index (χ3n) is 4.36. The zero-order valence-electron chi connectivity index (χ0n) is 15.1. The Balaban J connectivity index is 1.78. The van der Waals surface area contributed by atoms with Crippen molar-refractivity contribution in [3.63, 3.8) is 0 Å². The number of hydrogen-bond acceptors (Lipinski definition) is 3. The lowest BCUT2D eigenvalue weighted by atomic mass is 9.88. The lowest BCUT2D eigenvalue weighted by Gasteiger charge is -2.18. The summed E-state index contributed by atoms with van der Waals surface area (Å²) in [4.78, 5) is 24.4. The molecule has 0 aliphatic rings. The van der Waals surface area contributed by atoms with Crippen molar-refractivity contribution in [2.24, 2.45) is 0 Å². The average Bonchev–Trinajstić information content (AvgIpc) is 2.73. The second-order valence-electron chi connectivity index (χ2n) is 6.20. The standard InChI is InChI=1S/C23H21NO3/c1-27-23(26)19-13-8-14-20(15-19)24-22(25)16-21(17-9-4-2-5-10-17)18-11-6-3-7-12-18/h2-15,21H,16H2,1H3,(H,24,25). The van der Waals surface area contributed by atoms with Crippen molar-refractivity contribution in [3.8, 4) is 0 Å². The third kappa shape index (κ3) is 4.82. The van der Waals surface area contributed by atoms with E-state index in [9.17, 15) is 9.59 Å². The molecule has 0 fully saturated rings. The highest BCUT2D eigenvalue weighted by molar-refractivity contribution is 5.95. The van der Waals surface area contributed by atoms with Crippen LogP contribution < -0.4 is 5.32 Å². The van der Waals surface area contributed by atoms with E-state index in [0.29, 0.717) is 17.7 Å². The molecule has 0 spiro atoms. The van der Waals surface area contributed by atoms with Crippen molar-refractivity contribution in [2.45, 2.75) is 12.3 Å². The maximum Gasteiger partial charge on any atom is 0.337 e. The molecular formula is C23H21NO3. The smallest absolute Gasteiger partial charge is 0.337 e. The summed E-state index contributed by atoms with van der Waals surface area (Å²) in [7, 11) is 1.33. The Labute approximate surface area is 158 Å². The maximum absolute atomic E-state index is 12.7. The highest BCUT2D eigenvalue weighted by atomic mass is 16.5. The average molecular weight is 359 g/mol. The zero-order chi connectivity index (χ0) is 19.1. The molecule has 3 aromatic rings. The quantitative estimate of drug-likeness (QED) is 0.653. The van der Waals surface area contributed by atoms with E-state index in [1.165, 1.54) is 7.11 Å². The van der Waals surface area contributed by atoms with Gasteiger partial charge in [0, 0.05) is 18.0 Å². The van der Waals surface area contributed by atoms with E-state index < -0.39 is 5.97 Å². The third-order valence-corrected chi connectivity index (χ3v) is 4.36. The molecule has 3 aromatic carbocycles. The number of benzene rings is 3. The van der Waals surface area contributed by atoms with Gasteiger partial charge in [-0.05, 0) is 29.3 Å². The van der Waals surface area contributed by atoms with Gasteiger partial charge in [0.25, 0.3) is 0 Å². The van der Waals surface area contributed by atoms with Gasteiger partial charge in [0.05, 0.1) is 12.7 Å². The summed E-state index contributed by atoms with van der Waals surface area (Å²) in [6.07, 6.45) is 0.302. The molecule has 0 radical (unpaired) electrons. The summed E-state index contributed by atoms with van der Waals surface area (Å²) in [6, 6.07) is 26.7. The minimum absolute atomic E-state index is 0.0452. The lowest BCUT2D eigenvalue weighted by molar-refractivity contribution is -0.116. The van der Waals surface area contributed by atoms with Crippen molar-refractivity contribution < 1.29 is 14.3 Å². The first-order chi connectivity index (χ1) is 13.2. The van der Waals surface area contributed by atoms with Crippen LogP contribution >= 0.6 is 0 Å². The number of hydrogen-bond donors (Lipinski definition) is 1. The predicted octanol–water partition coefficient (Wildman–Crippen LogP) is 4.63. The molecule has 0 saturated heterocycles. The molecule has 136 valence electrons. The van der Waals surface area contributed by atoms with Gasteiger partial charge in [0.2, 0.25) is 5.91 Å². The molecule has 0 bridgehead atoms. The van der Waals surface area contributed by atoms with Crippen molar-refractivity contribution in [2.75, 3.05) is 12.4 Å². The van der Waals surface area contributed by atoms with Gasteiger partial charge in [-0.25, -0.2) is 4.79 Å². The molecule has 27 heavy (non-hydrogen) atoms. The van der Waals surface area contributed by atoms with E-state index in [-0.39, 0.29) is 11.8 Å². The number of anilines is 1.